The zero-order valence-electron chi connectivity index (χ0n) is 12.4. The maximum Gasteiger partial charge on any atom is 0.422 e. The van der Waals surface area contributed by atoms with Gasteiger partial charge in [-0.3, -0.25) is 4.79 Å². The predicted molar refractivity (Wildman–Crippen MR) is 77.8 cm³/mol. The molecule has 1 fully saturated rings. The standard InChI is InChI=1S/C10H21F3O6Si3/c1-8(9(14)18-5-10(11,12)13)3-4-22(17-2)6-20(15)19-21(16)7-22/h8,15-16,20-21H,3-7H2,1-2H3. The molecular formula is C10H21F3O6Si3. The van der Waals surface area contributed by atoms with E-state index in [4.69, 9.17) is 8.54 Å². The van der Waals surface area contributed by atoms with Gasteiger partial charge in [0.25, 0.3) is 0 Å². The van der Waals surface area contributed by atoms with E-state index in [2.05, 4.69) is 4.74 Å². The molecule has 3 unspecified atom stereocenters. The molecule has 22 heavy (non-hydrogen) atoms. The van der Waals surface area contributed by atoms with Crippen molar-refractivity contribution in [2.75, 3.05) is 13.7 Å². The highest BCUT2D eigenvalue weighted by atomic mass is 28.5. The van der Waals surface area contributed by atoms with Crippen LogP contribution in [0, 0.1) is 5.92 Å². The Morgan fingerprint density at radius 2 is 1.91 bits per heavy atom. The van der Waals surface area contributed by atoms with Crippen molar-refractivity contribution in [3.63, 3.8) is 0 Å². The van der Waals surface area contributed by atoms with Crippen LogP contribution in [0.5, 0.6) is 0 Å². The summed E-state index contributed by atoms with van der Waals surface area (Å²) in [6.07, 6.45) is -4.23. The lowest BCUT2D eigenvalue weighted by molar-refractivity contribution is -0.188. The first-order valence-corrected chi connectivity index (χ1v) is 13.0. The molecular weight excluding hydrogens is 357 g/mol. The second-order valence-corrected chi connectivity index (χ2v) is 15.0. The lowest BCUT2D eigenvalue weighted by atomic mass is 10.1. The third-order valence-electron chi connectivity index (χ3n) is 3.65. The normalized spacial score (nSPS) is 30.9. The van der Waals surface area contributed by atoms with Crippen molar-refractivity contribution in [2.45, 2.75) is 36.9 Å². The minimum absolute atomic E-state index is 0.305. The monoisotopic (exact) mass is 378 g/mol. The van der Waals surface area contributed by atoms with Gasteiger partial charge in [-0.25, -0.2) is 0 Å². The van der Waals surface area contributed by atoms with Crippen molar-refractivity contribution in [2.24, 2.45) is 5.92 Å². The summed E-state index contributed by atoms with van der Waals surface area (Å²) in [4.78, 5) is 31.0. The fourth-order valence-corrected chi connectivity index (χ4v) is 17.7. The smallest absolute Gasteiger partial charge is 0.422 e. The number of alkyl halides is 3. The molecule has 0 amide bonds. The van der Waals surface area contributed by atoms with Crippen molar-refractivity contribution in [3.05, 3.63) is 0 Å². The average Bonchev–Trinajstić information content (AvgIpc) is 2.40. The van der Waals surface area contributed by atoms with Crippen LogP contribution in [0.4, 0.5) is 13.2 Å². The summed E-state index contributed by atoms with van der Waals surface area (Å²) in [7, 11) is -5.75. The first kappa shape index (κ1) is 19.8. The maximum atomic E-state index is 12.0. The first-order chi connectivity index (χ1) is 10.1. The molecule has 2 N–H and O–H groups in total. The van der Waals surface area contributed by atoms with E-state index in [9.17, 15) is 27.6 Å². The number of hydrogen-bond donors (Lipinski definition) is 2. The van der Waals surface area contributed by atoms with Crippen LogP contribution in [0.2, 0.25) is 17.4 Å². The Hall–Kier alpha value is -0.249. The highest BCUT2D eigenvalue weighted by Crippen LogP contribution is 2.31. The van der Waals surface area contributed by atoms with Gasteiger partial charge >= 0.3 is 30.7 Å². The molecule has 3 atom stereocenters. The minimum Gasteiger partial charge on any atom is -0.456 e. The lowest BCUT2D eigenvalue weighted by Gasteiger charge is -2.37. The van der Waals surface area contributed by atoms with Crippen molar-refractivity contribution in [1.82, 2.24) is 0 Å². The number of carbonyl (C=O) groups is 1. The third kappa shape index (κ3) is 6.47. The molecule has 0 aromatic heterocycles. The Morgan fingerprint density at radius 1 is 1.36 bits per heavy atom. The molecule has 1 heterocycles. The van der Waals surface area contributed by atoms with E-state index in [0.717, 1.165) is 0 Å². The molecule has 130 valence electrons. The van der Waals surface area contributed by atoms with Crippen LogP contribution in [0.25, 0.3) is 0 Å². The Bertz CT molecular complexity index is 373. The highest BCUT2D eigenvalue weighted by Gasteiger charge is 2.46. The zero-order chi connectivity index (χ0) is 17.0. The Morgan fingerprint density at radius 3 is 2.36 bits per heavy atom. The van der Waals surface area contributed by atoms with Gasteiger partial charge in [0.2, 0.25) is 0 Å². The highest BCUT2D eigenvalue weighted by molar-refractivity contribution is 6.92. The van der Waals surface area contributed by atoms with Gasteiger partial charge in [-0.1, -0.05) is 6.92 Å². The molecule has 6 nitrogen and oxygen atoms in total. The molecule has 1 aliphatic rings. The van der Waals surface area contributed by atoms with Crippen LogP contribution in [-0.2, 0) is 18.1 Å². The quantitative estimate of drug-likeness (QED) is 0.509. The van der Waals surface area contributed by atoms with E-state index >= 15 is 0 Å². The van der Waals surface area contributed by atoms with Crippen molar-refractivity contribution in [3.8, 4) is 0 Å². The largest absolute Gasteiger partial charge is 0.456 e. The van der Waals surface area contributed by atoms with Gasteiger partial charge in [-0.2, -0.15) is 13.2 Å². The number of halogens is 3. The molecule has 1 aliphatic heterocycles. The molecule has 0 radical (unpaired) electrons. The summed E-state index contributed by atoms with van der Waals surface area (Å²) in [5, 5.41) is 0. The van der Waals surface area contributed by atoms with Crippen molar-refractivity contribution < 1.29 is 40.8 Å². The van der Waals surface area contributed by atoms with Crippen LogP contribution in [0.15, 0.2) is 0 Å². The summed E-state index contributed by atoms with van der Waals surface area (Å²) in [5.74, 6) is -1.59. The maximum absolute atomic E-state index is 12.0. The third-order valence-corrected chi connectivity index (χ3v) is 17.0. The lowest BCUT2D eigenvalue weighted by Crippen LogP contribution is -2.53. The van der Waals surface area contributed by atoms with Gasteiger partial charge < -0.3 is 22.9 Å². The first-order valence-electron chi connectivity index (χ1n) is 6.87. The van der Waals surface area contributed by atoms with Crippen LogP contribution in [0.3, 0.4) is 0 Å². The van der Waals surface area contributed by atoms with E-state index in [-0.39, 0.29) is 0 Å². The predicted octanol–water partition coefficient (Wildman–Crippen LogP) is 0.244. The topological polar surface area (TPSA) is 85.2 Å². The molecule has 0 spiro atoms. The number of carbonyl (C=O) groups excluding carboxylic acids is 1. The Kier molecular flexibility index (Phi) is 7.23. The number of hydrogen-bond acceptors (Lipinski definition) is 6. The van der Waals surface area contributed by atoms with Gasteiger partial charge in [0.1, 0.15) is 0 Å². The number of esters is 1. The van der Waals surface area contributed by atoms with Crippen LogP contribution in [0.1, 0.15) is 13.3 Å². The van der Waals surface area contributed by atoms with Gasteiger partial charge in [0.05, 0.1) is 5.92 Å². The summed E-state index contributed by atoms with van der Waals surface area (Å²) >= 11 is 0. The van der Waals surface area contributed by atoms with Crippen molar-refractivity contribution in [1.29, 1.82) is 0 Å². The van der Waals surface area contributed by atoms with Crippen LogP contribution in [-0.4, -0.2) is 62.3 Å². The van der Waals surface area contributed by atoms with Gasteiger partial charge in [-0.15, -0.1) is 0 Å². The molecule has 0 bridgehead atoms. The van der Waals surface area contributed by atoms with Gasteiger partial charge in [-0.05, 0) is 12.5 Å². The van der Waals surface area contributed by atoms with E-state index in [1.807, 2.05) is 0 Å². The molecule has 0 saturated carbocycles. The fourth-order valence-electron chi connectivity index (χ4n) is 2.36. The average molecular weight is 379 g/mol. The molecule has 0 aromatic rings. The van der Waals surface area contributed by atoms with E-state index in [0.29, 0.717) is 23.8 Å². The second-order valence-electron chi connectivity index (χ2n) is 5.50. The summed E-state index contributed by atoms with van der Waals surface area (Å²) in [6, 6.07) is 0.475. The van der Waals surface area contributed by atoms with E-state index in [1.54, 1.807) is 0 Å². The summed E-state index contributed by atoms with van der Waals surface area (Å²) < 4.78 is 50.9. The minimum atomic E-state index is -4.54. The Labute approximate surface area is 131 Å². The van der Waals surface area contributed by atoms with E-state index in [1.165, 1.54) is 14.0 Å². The van der Waals surface area contributed by atoms with Crippen LogP contribution < -0.4 is 0 Å². The number of rotatable bonds is 6. The zero-order valence-corrected chi connectivity index (χ0v) is 15.7. The molecule has 0 aromatic carbocycles. The summed E-state index contributed by atoms with van der Waals surface area (Å²) in [6.45, 7) is -0.0916. The SMILES string of the molecule is CO[Si]1(CCC(C)C(=O)OCC(F)(F)F)C[SiH](O)O[SiH](O)C1. The van der Waals surface area contributed by atoms with Gasteiger partial charge in [0.15, 0.2) is 14.9 Å². The van der Waals surface area contributed by atoms with E-state index < -0.39 is 51.6 Å². The van der Waals surface area contributed by atoms with Crippen LogP contribution >= 0.6 is 0 Å². The van der Waals surface area contributed by atoms with Gasteiger partial charge in [0, 0.05) is 18.4 Å². The second kappa shape index (κ2) is 8.03. The molecule has 1 saturated heterocycles. The molecule has 12 heteroatoms. The fraction of sp³-hybridized carbons (Fsp3) is 0.900. The Balaban J connectivity index is 2.50. The molecule has 0 aliphatic carbocycles. The summed E-state index contributed by atoms with van der Waals surface area (Å²) in [5.41, 5.74) is 0.829. The van der Waals surface area contributed by atoms with Crippen molar-refractivity contribution >= 4 is 32.9 Å². The number of ether oxygens (including phenoxy) is 1. The molecule has 1 rings (SSSR count).